The van der Waals surface area contributed by atoms with E-state index in [0.717, 1.165) is 6.42 Å². The average Bonchev–Trinajstić information content (AvgIpc) is 3.13. The van der Waals surface area contributed by atoms with Crippen LogP contribution in [0.5, 0.6) is 0 Å². The molecule has 9 heteroatoms. The number of nitrogens with zero attached hydrogens (tertiary/aromatic N) is 4. The summed E-state index contributed by atoms with van der Waals surface area (Å²) in [4.78, 5) is 18.7. The van der Waals surface area contributed by atoms with Gasteiger partial charge in [-0.05, 0) is 43.1 Å². The highest BCUT2D eigenvalue weighted by molar-refractivity contribution is 9.10. The van der Waals surface area contributed by atoms with Crippen molar-refractivity contribution in [2.75, 3.05) is 24.7 Å². The van der Waals surface area contributed by atoms with E-state index >= 15 is 0 Å². The molecular formula is C16H20BrClN4O3. The summed E-state index contributed by atoms with van der Waals surface area (Å²) in [6, 6.07) is 1.62. The molecule has 136 valence electrons. The van der Waals surface area contributed by atoms with Crippen LogP contribution in [0.25, 0.3) is 5.65 Å². The predicted octanol–water partition coefficient (Wildman–Crippen LogP) is 3.92. The molecule has 1 saturated heterocycles. The maximum Gasteiger partial charge on any atom is 0.416 e. The van der Waals surface area contributed by atoms with Crippen LogP contribution in [0.1, 0.15) is 27.2 Å². The van der Waals surface area contributed by atoms with Gasteiger partial charge in [-0.2, -0.15) is 9.61 Å². The van der Waals surface area contributed by atoms with E-state index in [9.17, 15) is 4.79 Å². The standard InChI is InChI=1S/C16H20BrClN4O3/c1-16(2,3)25-15(23)21(8-10-4-5-24-9-10)13-6-12(18)20-14-11(17)7-19-22(13)14/h6-7,10H,4-5,8-9H2,1-3H3/t10-/m0/s1. The van der Waals surface area contributed by atoms with Crippen molar-refractivity contribution in [3.63, 3.8) is 0 Å². The lowest BCUT2D eigenvalue weighted by atomic mass is 10.1. The van der Waals surface area contributed by atoms with Gasteiger partial charge in [-0.1, -0.05) is 11.6 Å². The van der Waals surface area contributed by atoms with Gasteiger partial charge in [0, 0.05) is 25.1 Å². The summed E-state index contributed by atoms with van der Waals surface area (Å²) in [5.41, 5.74) is -0.0685. The number of carbonyl (C=O) groups excluding carboxylic acids is 1. The summed E-state index contributed by atoms with van der Waals surface area (Å²) in [5, 5.41) is 4.58. The first kappa shape index (κ1) is 18.4. The topological polar surface area (TPSA) is 69.0 Å². The zero-order valence-corrected chi connectivity index (χ0v) is 16.7. The summed E-state index contributed by atoms with van der Waals surface area (Å²) >= 11 is 9.57. The zero-order chi connectivity index (χ0) is 18.2. The van der Waals surface area contributed by atoms with Gasteiger partial charge < -0.3 is 9.47 Å². The number of ether oxygens (including phenoxy) is 2. The smallest absolute Gasteiger partial charge is 0.416 e. The predicted molar refractivity (Wildman–Crippen MR) is 98.2 cm³/mol. The van der Waals surface area contributed by atoms with E-state index in [0.29, 0.717) is 35.7 Å². The first-order valence-corrected chi connectivity index (χ1v) is 9.20. The van der Waals surface area contributed by atoms with Gasteiger partial charge >= 0.3 is 6.09 Å². The van der Waals surface area contributed by atoms with Gasteiger partial charge in [0.15, 0.2) is 5.65 Å². The molecule has 2 aromatic heterocycles. The van der Waals surface area contributed by atoms with Crippen LogP contribution in [-0.4, -0.2) is 46.1 Å². The number of halogens is 2. The molecule has 0 N–H and O–H groups in total. The third kappa shape index (κ3) is 4.24. The van der Waals surface area contributed by atoms with Gasteiger partial charge in [0.25, 0.3) is 0 Å². The van der Waals surface area contributed by atoms with Crippen LogP contribution in [0, 0.1) is 5.92 Å². The van der Waals surface area contributed by atoms with E-state index in [1.165, 1.54) is 0 Å². The van der Waals surface area contributed by atoms with Crippen LogP contribution in [0.2, 0.25) is 5.15 Å². The summed E-state index contributed by atoms with van der Waals surface area (Å²) in [6.07, 6.45) is 2.06. The Balaban J connectivity index is 2.02. The fourth-order valence-electron chi connectivity index (χ4n) is 2.65. The summed E-state index contributed by atoms with van der Waals surface area (Å²) in [7, 11) is 0. The van der Waals surface area contributed by atoms with E-state index < -0.39 is 11.7 Å². The molecule has 1 amide bonds. The minimum Gasteiger partial charge on any atom is -0.443 e. The molecule has 1 aliphatic heterocycles. The van der Waals surface area contributed by atoms with Gasteiger partial charge in [-0.15, -0.1) is 0 Å². The number of fused-ring (bicyclic) bond motifs is 1. The van der Waals surface area contributed by atoms with Crippen molar-refractivity contribution in [3.05, 3.63) is 21.9 Å². The molecule has 25 heavy (non-hydrogen) atoms. The SMILES string of the molecule is CC(C)(C)OC(=O)N(C[C@@H]1CCOC1)c1cc(Cl)nc2c(Br)cnn12. The van der Waals surface area contributed by atoms with Crippen molar-refractivity contribution in [2.45, 2.75) is 32.8 Å². The Morgan fingerprint density at radius 2 is 2.32 bits per heavy atom. The monoisotopic (exact) mass is 430 g/mol. The van der Waals surface area contributed by atoms with Crippen molar-refractivity contribution in [3.8, 4) is 0 Å². The third-order valence-electron chi connectivity index (χ3n) is 3.73. The molecule has 3 rings (SSSR count). The Hall–Kier alpha value is -1.38. The Morgan fingerprint density at radius 3 is 2.96 bits per heavy atom. The second kappa shape index (κ2) is 7.09. The molecule has 1 aliphatic rings. The molecule has 0 bridgehead atoms. The maximum absolute atomic E-state index is 12.9. The molecule has 7 nitrogen and oxygen atoms in total. The van der Waals surface area contributed by atoms with Crippen molar-refractivity contribution >= 4 is 45.1 Å². The van der Waals surface area contributed by atoms with Gasteiger partial charge in [0.1, 0.15) is 16.6 Å². The fraction of sp³-hybridized carbons (Fsp3) is 0.562. The minimum atomic E-state index is -0.609. The summed E-state index contributed by atoms with van der Waals surface area (Å²) in [6.45, 7) is 7.28. The quantitative estimate of drug-likeness (QED) is 0.689. The van der Waals surface area contributed by atoms with Crippen LogP contribution >= 0.6 is 27.5 Å². The summed E-state index contributed by atoms with van der Waals surface area (Å²) < 4.78 is 13.3. The van der Waals surface area contributed by atoms with E-state index in [2.05, 4.69) is 26.0 Å². The molecule has 0 aromatic carbocycles. The number of hydrogen-bond acceptors (Lipinski definition) is 5. The van der Waals surface area contributed by atoms with Crippen molar-refractivity contribution in [1.29, 1.82) is 0 Å². The lowest BCUT2D eigenvalue weighted by molar-refractivity contribution is 0.0571. The highest BCUT2D eigenvalue weighted by Crippen LogP contribution is 2.27. The number of carbonyl (C=O) groups is 1. The van der Waals surface area contributed by atoms with Crippen LogP contribution in [0.3, 0.4) is 0 Å². The van der Waals surface area contributed by atoms with E-state index in [4.69, 9.17) is 21.1 Å². The Morgan fingerprint density at radius 1 is 1.56 bits per heavy atom. The Bertz CT molecular complexity index is 784. The lowest BCUT2D eigenvalue weighted by Crippen LogP contribution is -2.41. The van der Waals surface area contributed by atoms with Crippen LogP contribution in [0.4, 0.5) is 10.6 Å². The molecule has 3 heterocycles. The second-order valence-corrected chi connectivity index (χ2v) is 8.23. The van der Waals surface area contributed by atoms with Gasteiger partial charge in [0.2, 0.25) is 0 Å². The summed E-state index contributed by atoms with van der Waals surface area (Å²) in [5.74, 6) is 0.746. The normalized spacial score (nSPS) is 17.9. The molecule has 0 unspecified atom stereocenters. The van der Waals surface area contributed by atoms with Crippen LogP contribution in [-0.2, 0) is 9.47 Å². The molecule has 0 aliphatic carbocycles. The highest BCUT2D eigenvalue weighted by atomic mass is 79.9. The molecule has 2 aromatic rings. The number of amides is 1. The fourth-order valence-corrected chi connectivity index (χ4v) is 3.17. The Labute approximate surface area is 159 Å². The third-order valence-corrected chi connectivity index (χ3v) is 4.49. The maximum atomic E-state index is 12.9. The van der Waals surface area contributed by atoms with E-state index in [1.807, 2.05) is 20.8 Å². The van der Waals surface area contributed by atoms with E-state index in [-0.39, 0.29) is 11.1 Å². The molecular weight excluding hydrogens is 412 g/mol. The highest BCUT2D eigenvalue weighted by Gasteiger charge is 2.30. The van der Waals surface area contributed by atoms with Crippen LogP contribution in [0.15, 0.2) is 16.7 Å². The molecule has 0 saturated carbocycles. The first-order chi connectivity index (χ1) is 11.7. The number of anilines is 1. The Kier molecular flexibility index (Phi) is 5.22. The lowest BCUT2D eigenvalue weighted by Gasteiger charge is -2.29. The second-order valence-electron chi connectivity index (χ2n) is 6.99. The number of rotatable bonds is 3. The van der Waals surface area contributed by atoms with Gasteiger partial charge in [-0.3, -0.25) is 4.90 Å². The van der Waals surface area contributed by atoms with Crippen molar-refractivity contribution in [1.82, 2.24) is 14.6 Å². The van der Waals surface area contributed by atoms with Gasteiger partial charge in [0.05, 0.1) is 17.3 Å². The van der Waals surface area contributed by atoms with Crippen molar-refractivity contribution in [2.24, 2.45) is 5.92 Å². The largest absolute Gasteiger partial charge is 0.443 e. The van der Waals surface area contributed by atoms with Crippen LogP contribution < -0.4 is 4.90 Å². The first-order valence-electron chi connectivity index (χ1n) is 8.02. The molecule has 1 atom stereocenters. The number of aromatic nitrogens is 3. The molecule has 0 spiro atoms. The van der Waals surface area contributed by atoms with E-state index in [1.54, 1.807) is 21.7 Å². The zero-order valence-electron chi connectivity index (χ0n) is 14.3. The number of hydrogen-bond donors (Lipinski definition) is 0. The van der Waals surface area contributed by atoms with Crippen molar-refractivity contribution < 1.29 is 14.3 Å². The molecule has 1 fully saturated rings. The average molecular weight is 432 g/mol. The molecule has 0 radical (unpaired) electrons. The minimum absolute atomic E-state index is 0.230. The van der Waals surface area contributed by atoms with Gasteiger partial charge in [-0.25, -0.2) is 9.78 Å².